The van der Waals surface area contributed by atoms with Crippen LogP contribution in [0.1, 0.15) is 36.0 Å². The monoisotopic (exact) mass is 206 g/mol. The SMILES string of the molecule is O=C(NC1CCCC1)c1ccc[nH]c1=O. The van der Waals surface area contributed by atoms with Crippen LogP contribution in [0.2, 0.25) is 0 Å². The molecule has 1 aliphatic carbocycles. The van der Waals surface area contributed by atoms with Crippen molar-refractivity contribution in [2.24, 2.45) is 0 Å². The first-order valence-electron chi connectivity index (χ1n) is 5.26. The number of carbonyl (C=O) groups excluding carboxylic acids is 1. The maximum atomic E-state index is 11.7. The lowest BCUT2D eigenvalue weighted by Gasteiger charge is -2.10. The van der Waals surface area contributed by atoms with Gasteiger partial charge in [0.15, 0.2) is 0 Å². The second kappa shape index (κ2) is 4.29. The van der Waals surface area contributed by atoms with Crippen molar-refractivity contribution in [3.05, 3.63) is 34.2 Å². The fourth-order valence-corrected chi connectivity index (χ4v) is 1.93. The number of H-pyrrole nitrogens is 1. The van der Waals surface area contributed by atoms with E-state index in [2.05, 4.69) is 10.3 Å². The van der Waals surface area contributed by atoms with E-state index in [1.165, 1.54) is 6.20 Å². The van der Waals surface area contributed by atoms with Crippen molar-refractivity contribution in [1.82, 2.24) is 10.3 Å². The van der Waals surface area contributed by atoms with Gasteiger partial charge in [0.25, 0.3) is 11.5 Å². The van der Waals surface area contributed by atoms with Crippen molar-refractivity contribution in [1.29, 1.82) is 0 Å². The largest absolute Gasteiger partial charge is 0.349 e. The van der Waals surface area contributed by atoms with Crippen LogP contribution in [0.5, 0.6) is 0 Å². The highest BCUT2D eigenvalue weighted by atomic mass is 16.2. The fraction of sp³-hybridized carbons (Fsp3) is 0.455. The summed E-state index contributed by atoms with van der Waals surface area (Å²) in [6.45, 7) is 0. The Morgan fingerprint density at radius 1 is 1.40 bits per heavy atom. The molecule has 1 fully saturated rings. The summed E-state index contributed by atoms with van der Waals surface area (Å²) in [6.07, 6.45) is 5.90. The van der Waals surface area contributed by atoms with Gasteiger partial charge in [-0.1, -0.05) is 12.8 Å². The summed E-state index contributed by atoms with van der Waals surface area (Å²) in [5.41, 5.74) is -0.127. The maximum Gasteiger partial charge on any atom is 0.260 e. The van der Waals surface area contributed by atoms with Crippen LogP contribution in [0.3, 0.4) is 0 Å². The van der Waals surface area contributed by atoms with Crippen molar-refractivity contribution >= 4 is 5.91 Å². The number of hydrogen-bond donors (Lipinski definition) is 2. The molecule has 15 heavy (non-hydrogen) atoms. The molecule has 0 bridgehead atoms. The van der Waals surface area contributed by atoms with Crippen LogP contribution in [0.25, 0.3) is 0 Å². The Labute approximate surface area is 87.7 Å². The summed E-state index contributed by atoms with van der Waals surface area (Å²) in [7, 11) is 0. The Kier molecular flexibility index (Phi) is 2.85. The number of amides is 1. The molecule has 1 aromatic rings. The predicted octanol–water partition coefficient (Wildman–Crippen LogP) is 1.05. The highest BCUT2D eigenvalue weighted by Gasteiger charge is 2.18. The molecule has 1 aromatic heterocycles. The third-order valence-electron chi connectivity index (χ3n) is 2.75. The molecule has 0 spiro atoms. The van der Waals surface area contributed by atoms with Gasteiger partial charge in [-0.05, 0) is 25.0 Å². The summed E-state index contributed by atoms with van der Waals surface area (Å²) >= 11 is 0. The van der Waals surface area contributed by atoms with Gasteiger partial charge in [0.05, 0.1) is 0 Å². The molecule has 1 heterocycles. The number of nitrogens with one attached hydrogen (secondary N) is 2. The van der Waals surface area contributed by atoms with Crippen molar-refractivity contribution in [2.75, 3.05) is 0 Å². The summed E-state index contributed by atoms with van der Waals surface area (Å²) in [5.74, 6) is -0.260. The Morgan fingerprint density at radius 3 is 2.80 bits per heavy atom. The van der Waals surface area contributed by atoms with Crippen molar-refractivity contribution in [3.63, 3.8) is 0 Å². The van der Waals surface area contributed by atoms with E-state index in [0.717, 1.165) is 25.7 Å². The smallest absolute Gasteiger partial charge is 0.260 e. The minimum atomic E-state index is -0.326. The van der Waals surface area contributed by atoms with Crippen LogP contribution >= 0.6 is 0 Å². The van der Waals surface area contributed by atoms with Gasteiger partial charge >= 0.3 is 0 Å². The van der Waals surface area contributed by atoms with E-state index in [0.29, 0.717) is 0 Å². The van der Waals surface area contributed by atoms with E-state index in [9.17, 15) is 9.59 Å². The molecule has 0 aromatic carbocycles. The van der Waals surface area contributed by atoms with E-state index < -0.39 is 0 Å². The lowest BCUT2D eigenvalue weighted by molar-refractivity contribution is 0.0936. The third-order valence-corrected chi connectivity index (χ3v) is 2.75. The zero-order valence-electron chi connectivity index (χ0n) is 8.45. The average Bonchev–Trinajstić information content (AvgIpc) is 2.71. The molecule has 4 heteroatoms. The molecule has 0 unspecified atom stereocenters. The minimum Gasteiger partial charge on any atom is -0.349 e. The van der Waals surface area contributed by atoms with Crippen LogP contribution in [0, 0.1) is 0 Å². The molecule has 2 rings (SSSR count). The van der Waals surface area contributed by atoms with Crippen molar-refractivity contribution in [2.45, 2.75) is 31.7 Å². The molecular formula is C11H14N2O2. The summed E-state index contributed by atoms with van der Waals surface area (Å²) < 4.78 is 0. The molecule has 0 aliphatic heterocycles. The van der Waals surface area contributed by atoms with Gasteiger partial charge in [0.1, 0.15) is 5.56 Å². The molecule has 0 radical (unpaired) electrons. The molecule has 0 saturated heterocycles. The number of rotatable bonds is 2. The molecule has 2 N–H and O–H groups in total. The van der Waals surface area contributed by atoms with E-state index >= 15 is 0 Å². The van der Waals surface area contributed by atoms with E-state index in [-0.39, 0.29) is 23.1 Å². The third kappa shape index (κ3) is 2.26. The highest BCUT2D eigenvalue weighted by Crippen LogP contribution is 2.17. The van der Waals surface area contributed by atoms with Gasteiger partial charge in [0, 0.05) is 12.2 Å². The van der Waals surface area contributed by atoms with E-state index in [4.69, 9.17) is 0 Å². The van der Waals surface area contributed by atoms with Crippen LogP contribution in [0.15, 0.2) is 23.1 Å². The van der Waals surface area contributed by atoms with Crippen molar-refractivity contribution in [3.8, 4) is 0 Å². The number of pyridine rings is 1. The predicted molar refractivity (Wildman–Crippen MR) is 56.8 cm³/mol. The van der Waals surface area contributed by atoms with Crippen LogP contribution in [-0.2, 0) is 0 Å². The number of aromatic nitrogens is 1. The first-order valence-corrected chi connectivity index (χ1v) is 5.26. The quantitative estimate of drug-likeness (QED) is 0.759. The van der Waals surface area contributed by atoms with Gasteiger partial charge in [0.2, 0.25) is 0 Å². The van der Waals surface area contributed by atoms with Crippen LogP contribution in [-0.4, -0.2) is 16.9 Å². The standard InChI is InChI=1S/C11H14N2O2/c14-10-9(6-3-7-12-10)11(15)13-8-4-1-2-5-8/h3,6-8H,1-2,4-5H2,(H,12,14)(H,13,15). The topological polar surface area (TPSA) is 62.0 Å². The van der Waals surface area contributed by atoms with Crippen molar-refractivity contribution < 1.29 is 4.79 Å². The minimum absolute atomic E-state index is 0.199. The second-order valence-corrected chi connectivity index (χ2v) is 3.87. The van der Waals surface area contributed by atoms with Crippen LogP contribution in [0.4, 0.5) is 0 Å². The molecule has 0 atom stereocenters. The normalized spacial score (nSPS) is 16.5. The summed E-state index contributed by atoms with van der Waals surface area (Å²) in [5, 5.41) is 2.88. The Bertz CT molecular complexity index is 405. The molecule has 4 nitrogen and oxygen atoms in total. The first kappa shape index (κ1) is 9.96. The summed E-state index contributed by atoms with van der Waals surface area (Å²) in [4.78, 5) is 25.5. The number of aromatic amines is 1. The van der Waals surface area contributed by atoms with Gasteiger partial charge < -0.3 is 10.3 Å². The molecule has 1 aliphatic rings. The molecular weight excluding hydrogens is 192 g/mol. The summed E-state index contributed by atoms with van der Waals surface area (Å²) in [6, 6.07) is 3.45. The van der Waals surface area contributed by atoms with Gasteiger partial charge in [-0.25, -0.2) is 0 Å². The zero-order chi connectivity index (χ0) is 10.7. The van der Waals surface area contributed by atoms with E-state index in [1.807, 2.05) is 0 Å². The molecule has 80 valence electrons. The molecule has 1 amide bonds. The van der Waals surface area contributed by atoms with Gasteiger partial charge in [-0.3, -0.25) is 9.59 Å². The first-order chi connectivity index (χ1) is 7.27. The van der Waals surface area contributed by atoms with Gasteiger partial charge in [-0.15, -0.1) is 0 Å². The van der Waals surface area contributed by atoms with E-state index in [1.54, 1.807) is 12.1 Å². The lowest BCUT2D eigenvalue weighted by Crippen LogP contribution is -2.35. The number of carbonyl (C=O) groups is 1. The highest BCUT2D eigenvalue weighted by molar-refractivity contribution is 5.93. The fourth-order valence-electron chi connectivity index (χ4n) is 1.93. The second-order valence-electron chi connectivity index (χ2n) is 3.87. The lowest BCUT2D eigenvalue weighted by atomic mass is 10.2. The Balaban J connectivity index is 2.07. The van der Waals surface area contributed by atoms with Crippen LogP contribution < -0.4 is 10.9 Å². The Hall–Kier alpha value is -1.58. The number of hydrogen-bond acceptors (Lipinski definition) is 2. The van der Waals surface area contributed by atoms with Gasteiger partial charge in [-0.2, -0.15) is 0 Å². The zero-order valence-corrected chi connectivity index (χ0v) is 8.45. The molecule has 1 saturated carbocycles. The Morgan fingerprint density at radius 2 is 2.13 bits per heavy atom. The maximum absolute atomic E-state index is 11.7. The average molecular weight is 206 g/mol.